The molecule has 22 heavy (non-hydrogen) atoms. The lowest BCUT2D eigenvalue weighted by atomic mass is 10.0. The second-order valence-electron chi connectivity index (χ2n) is 6.16. The molecule has 0 radical (unpaired) electrons. The van der Waals surface area contributed by atoms with Gasteiger partial charge in [0.25, 0.3) is 5.91 Å². The van der Waals surface area contributed by atoms with Gasteiger partial charge in [-0.05, 0) is 18.9 Å². The van der Waals surface area contributed by atoms with E-state index in [0.29, 0.717) is 17.7 Å². The van der Waals surface area contributed by atoms with Gasteiger partial charge in [0.05, 0.1) is 20.3 Å². The van der Waals surface area contributed by atoms with Gasteiger partial charge in [0.1, 0.15) is 10.6 Å². The van der Waals surface area contributed by atoms with E-state index in [0.717, 1.165) is 49.1 Å². The van der Waals surface area contributed by atoms with Gasteiger partial charge in [0.15, 0.2) is 0 Å². The molecule has 2 saturated heterocycles. The lowest BCUT2D eigenvalue weighted by Crippen LogP contribution is -2.47. The lowest BCUT2D eigenvalue weighted by Gasteiger charge is -2.33. The Morgan fingerprint density at radius 1 is 1.36 bits per heavy atom. The van der Waals surface area contributed by atoms with Gasteiger partial charge in [-0.2, -0.15) is 0 Å². The first-order valence-corrected chi connectivity index (χ1v) is 8.67. The molecule has 122 valence electrons. The van der Waals surface area contributed by atoms with Crippen LogP contribution in [0.5, 0.6) is 5.75 Å². The summed E-state index contributed by atoms with van der Waals surface area (Å²) in [6.07, 6.45) is 0. The second-order valence-corrected chi connectivity index (χ2v) is 7.41. The van der Waals surface area contributed by atoms with Crippen LogP contribution in [0.1, 0.15) is 21.5 Å². The number of rotatable bonds is 3. The zero-order valence-corrected chi connectivity index (χ0v) is 14.3. The molecule has 0 N–H and O–H groups in total. The summed E-state index contributed by atoms with van der Waals surface area (Å²) in [5, 5.41) is 0. The van der Waals surface area contributed by atoms with Crippen molar-refractivity contribution < 1.29 is 14.3 Å². The van der Waals surface area contributed by atoms with Crippen molar-refractivity contribution in [3.05, 3.63) is 15.8 Å². The molecule has 2 fully saturated rings. The molecule has 2 atom stereocenters. The Bertz CT molecular complexity index is 539. The Morgan fingerprint density at radius 3 is 2.77 bits per heavy atom. The molecule has 3 heterocycles. The van der Waals surface area contributed by atoms with Gasteiger partial charge in [0.2, 0.25) is 0 Å². The molecule has 0 bridgehead atoms. The topological polar surface area (TPSA) is 42.0 Å². The number of hydrogen-bond acceptors (Lipinski definition) is 5. The molecular formula is C16H24N2O3S. The molecule has 2 unspecified atom stereocenters. The number of hydrogen-bond donors (Lipinski definition) is 0. The lowest BCUT2D eigenvalue weighted by molar-refractivity contribution is 0.0119. The van der Waals surface area contributed by atoms with Crippen molar-refractivity contribution in [2.24, 2.45) is 5.92 Å². The third-order valence-electron chi connectivity index (χ3n) is 4.61. The fourth-order valence-electron chi connectivity index (χ4n) is 3.44. The summed E-state index contributed by atoms with van der Waals surface area (Å²) in [5.41, 5.74) is 0. The van der Waals surface area contributed by atoms with Crippen LogP contribution in [0.3, 0.4) is 0 Å². The van der Waals surface area contributed by atoms with Crippen LogP contribution in [-0.2, 0) is 4.74 Å². The van der Waals surface area contributed by atoms with Gasteiger partial charge in [-0.15, -0.1) is 11.3 Å². The molecule has 1 amide bonds. The highest BCUT2D eigenvalue weighted by atomic mass is 32.1. The zero-order chi connectivity index (χ0) is 15.7. The van der Waals surface area contributed by atoms with Gasteiger partial charge in [0, 0.05) is 37.1 Å². The number of likely N-dealkylation sites (tertiary alicyclic amines) is 1. The Morgan fingerprint density at radius 2 is 2.09 bits per heavy atom. The maximum absolute atomic E-state index is 12.8. The highest BCUT2D eigenvalue weighted by Crippen LogP contribution is 2.32. The third-order valence-corrected chi connectivity index (χ3v) is 5.63. The highest BCUT2D eigenvalue weighted by molar-refractivity contribution is 7.14. The third kappa shape index (κ3) is 3.00. The maximum atomic E-state index is 12.8. The predicted molar refractivity (Wildman–Crippen MR) is 86.9 cm³/mol. The summed E-state index contributed by atoms with van der Waals surface area (Å²) in [7, 11) is 1.63. The van der Waals surface area contributed by atoms with E-state index in [9.17, 15) is 4.79 Å². The minimum atomic E-state index is 0.109. The molecule has 0 spiro atoms. The number of thiophene rings is 1. The van der Waals surface area contributed by atoms with Gasteiger partial charge >= 0.3 is 0 Å². The van der Waals surface area contributed by atoms with Crippen LogP contribution in [0.2, 0.25) is 0 Å². The normalized spacial score (nSPS) is 26.4. The molecule has 6 heteroatoms. The summed E-state index contributed by atoms with van der Waals surface area (Å²) < 4.78 is 10.8. The minimum Gasteiger partial charge on any atom is -0.495 e. The van der Waals surface area contributed by atoms with Crippen molar-refractivity contribution in [1.82, 2.24) is 9.80 Å². The van der Waals surface area contributed by atoms with Crippen LogP contribution in [-0.4, -0.2) is 68.3 Å². The van der Waals surface area contributed by atoms with Gasteiger partial charge < -0.3 is 14.4 Å². The van der Waals surface area contributed by atoms with Crippen molar-refractivity contribution in [3.63, 3.8) is 0 Å². The smallest absolute Gasteiger partial charge is 0.267 e. The van der Waals surface area contributed by atoms with Crippen molar-refractivity contribution in [2.75, 3.05) is 46.5 Å². The first-order chi connectivity index (χ1) is 10.6. The predicted octanol–water partition coefficient (Wildman–Crippen LogP) is 1.86. The van der Waals surface area contributed by atoms with Crippen molar-refractivity contribution in [2.45, 2.75) is 19.9 Å². The van der Waals surface area contributed by atoms with Crippen molar-refractivity contribution in [1.29, 1.82) is 0 Å². The van der Waals surface area contributed by atoms with Crippen molar-refractivity contribution >= 4 is 17.2 Å². The van der Waals surface area contributed by atoms with E-state index in [-0.39, 0.29) is 5.91 Å². The number of aryl methyl sites for hydroxylation is 1. The Labute approximate surface area is 135 Å². The van der Waals surface area contributed by atoms with Crippen LogP contribution >= 0.6 is 11.3 Å². The number of carbonyl (C=O) groups excluding carboxylic acids is 1. The summed E-state index contributed by atoms with van der Waals surface area (Å²) in [6.45, 7) is 9.42. The molecule has 0 aliphatic carbocycles. The fraction of sp³-hybridized carbons (Fsp3) is 0.688. The molecule has 3 rings (SSSR count). The Balaban J connectivity index is 1.71. The van der Waals surface area contributed by atoms with E-state index in [1.165, 1.54) is 11.3 Å². The molecule has 1 aromatic heterocycles. The number of nitrogens with zero attached hydrogens (tertiary/aromatic N) is 2. The number of carbonyl (C=O) groups is 1. The van der Waals surface area contributed by atoms with Crippen LogP contribution in [0.25, 0.3) is 0 Å². The molecule has 0 saturated carbocycles. The highest BCUT2D eigenvalue weighted by Gasteiger charge is 2.37. The minimum absolute atomic E-state index is 0.109. The molecule has 5 nitrogen and oxygen atoms in total. The number of methoxy groups -OCH3 is 1. The summed E-state index contributed by atoms with van der Waals surface area (Å²) in [4.78, 5) is 19.1. The second kappa shape index (κ2) is 6.56. The Kier molecular flexibility index (Phi) is 4.70. The largest absolute Gasteiger partial charge is 0.495 e. The van der Waals surface area contributed by atoms with E-state index in [1.807, 2.05) is 17.9 Å². The van der Waals surface area contributed by atoms with Crippen LogP contribution in [0.4, 0.5) is 0 Å². The Hall–Kier alpha value is -1.11. The molecule has 0 aromatic carbocycles. The summed E-state index contributed by atoms with van der Waals surface area (Å²) in [5.74, 6) is 1.31. The standard InChI is InChI=1S/C16H24N2O3S/c1-11-9-18(10-13(11)17-4-6-21-7-5-17)16(19)15-14(20-3)8-12(2)22-15/h8,11,13H,4-7,9-10H2,1-3H3. The van der Waals surface area contributed by atoms with E-state index in [4.69, 9.17) is 9.47 Å². The number of ether oxygens (including phenoxy) is 2. The first-order valence-electron chi connectivity index (χ1n) is 7.85. The zero-order valence-electron chi connectivity index (χ0n) is 13.5. The van der Waals surface area contributed by atoms with E-state index in [1.54, 1.807) is 7.11 Å². The van der Waals surface area contributed by atoms with Crippen molar-refractivity contribution in [3.8, 4) is 5.75 Å². The first kappa shape index (κ1) is 15.8. The van der Waals surface area contributed by atoms with Gasteiger partial charge in [-0.25, -0.2) is 0 Å². The van der Waals surface area contributed by atoms with Crippen LogP contribution < -0.4 is 4.74 Å². The van der Waals surface area contributed by atoms with E-state index in [2.05, 4.69) is 11.8 Å². The monoisotopic (exact) mass is 324 g/mol. The number of amides is 1. The van der Waals surface area contributed by atoms with Crippen LogP contribution in [0, 0.1) is 12.8 Å². The maximum Gasteiger partial charge on any atom is 0.267 e. The van der Waals surface area contributed by atoms with E-state index < -0.39 is 0 Å². The van der Waals surface area contributed by atoms with Crippen LogP contribution in [0.15, 0.2) is 6.07 Å². The van der Waals surface area contributed by atoms with Gasteiger partial charge in [-0.1, -0.05) is 6.92 Å². The average molecular weight is 324 g/mol. The quantitative estimate of drug-likeness (QED) is 0.851. The van der Waals surface area contributed by atoms with Gasteiger partial charge in [-0.3, -0.25) is 9.69 Å². The summed E-state index contributed by atoms with van der Waals surface area (Å²) >= 11 is 1.52. The number of morpholine rings is 1. The molecule has 2 aliphatic heterocycles. The SMILES string of the molecule is COc1cc(C)sc1C(=O)N1CC(C)C(N2CCOCC2)C1. The summed E-state index contributed by atoms with van der Waals surface area (Å²) in [6, 6.07) is 2.39. The molecule has 2 aliphatic rings. The molecular weight excluding hydrogens is 300 g/mol. The van der Waals surface area contributed by atoms with E-state index >= 15 is 0 Å². The fourth-order valence-corrected chi connectivity index (χ4v) is 4.38. The molecule has 1 aromatic rings. The average Bonchev–Trinajstić information content (AvgIpc) is 3.10.